The molecule has 1 aromatic heterocycles. The van der Waals surface area contributed by atoms with Gasteiger partial charge in [-0.25, -0.2) is 13.6 Å². The van der Waals surface area contributed by atoms with Crippen LogP contribution in [0.5, 0.6) is 5.88 Å². The average molecular weight is 437 g/mol. The van der Waals surface area contributed by atoms with Gasteiger partial charge in [0.15, 0.2) is 5.69 Å². The van der Waals surface area contributed by atoms with Crippen LogP contribution in [0.15, 0.2) is 57.6 Å². The number of sulfonamides is 1. The topological polar surface area (TPSA) is 136 Å². The molecule has 0 saturated heterocycles. The first-order chi connectivity index (χ1) is 13.7. The third-order valence-corrected chi connectivity index (χ3v) is 5.16. The van der Waals surface area contributed by atoms with Crippen LogP contribution in [0.25, 0.3) is 10.9 Å². The van der Waals surface area contributed by atoms with Crippen LogP contribution in [0.2, 0.25) is 5.02 Å². The van der Waals surface area contributed by atoms with Crippen LogP contribution in [0.4, 0.5) is 11.4 Å². The zero-order valence-corrected chi connectivity index (χ0v) is 16.8. The molecule has 9 nitrogen and oxygen atoms in total. The van der Waals surface area contributed by atoms with E-state index >= 15 is 0 Å². The lowest BCUT2D eigenvalue weighted by Crippen LogP contribution is -2.12. The molecule has 0 saturated carbocycles. The van der Waals surface area contributed by atoms with E-state index in [0.29, 0.717) is 21.6 Å². The molecule has 0 radical (unpaired) electrons. The highest BCUT2D eigenvalue weighted by atomic mass is 35.5. The van der Waals surface area contributed by atoms with Gasteiger partial charge in [0, 0.05) is 10.4 Å². The molecule has 0 aliphatic rings. The van der Waals surface area contributed by atoms with Crippen LogP contribution in [0.1, 0.15) is 6.92 Å². The number of hydrogen-bond donors (Lipinski definition) is 2. The Bertz CT molecular complexity index is 1200. The summed E-state index contributed by atoms with van der Waals surface area (Å²) in [5, 5.41) is 24.7. The Morgan fingerprint density at radius 3 is 2.52 bits per heavy atom. The van der Waals surface area contributed by atoms with Crippen molar-refractivity contribution in [3.8, 4) is 5.88 Å². The van der Waals surface area contributed by atoms with Crippen LogP contribution in [-0.2, 0) is 26.1 Å². The van der Waals surface area contributed by atoms with Crippen molar-refractivity contribution in [2.75, 3.05) is 6.61 Å². The fraction of sp³-hybridized carbons (Fsp3) is 0.167. The second-order valence-electron chi connectivity index (χ2n) is 5.96. The van der Waals surface area contributed by atoms with Crippen LogP contribution in [0.3, 0.4) is 0 Å². The highest BCUT2D eigenvalue weighted by Gasteiger charge is 2.19. The predicted molar refractivity (Wildman–Crippen MR) is 107 cm³/mol. The van der Waals surface area contributed by atoms with Crippen molar-refractivity contribution in [1.82, 2.24) is 4.57 Å². The molecule has 29 heavy (non-hydrogen) atoms. The van der Waals surface area contributed by atoms with Gasteiger partial charge in [-0.1, -0.05) is 11.6 Å². The van der Waals surface area contributed by atoms with E-state index in [-0.39, 0.29) is 29.6 Å². The minimum absolute atomic E-state index is 0.0582. The van der Waals surface area contributed by atoms with Crippen molar-refractivity contribution < 1.29 is 23.1 Å². The fourth-order valence-electron chi connectivity index (χ4n) is 2.70. The number of fused-ring (bicyclic) bond motifs is 1. The minimum atomic E-state index is -3.81. The molecule has 11 heteroatoms. The van der Waals surface area contributed by atoms with Crippen LogP contribution < -0.4 is 5.14 Å². The van der Waals surface area contributed by atoms with Crippen molar-refractivity contribution in [2.24, 2.45) is 15.4 Å². The third kappa shape index (κ3) is 4.56. The summed E-state index contributed by atoms with van der Waals surface area (Å²) in [6, 6.07) is 10.3. The number of hydrogen-bond acceptors (Lipinski definition) is 7. The zero-order chi connectivity index (χ0) is 21.2. The van der Waals surface area contributed by atoms with Gasteiger partial charge < -0.3 is 9.84 Å². The van der Waals surface area contributed by atoms with Gasteiger partial charge in [0.05, 0.1) is 22.7 Å². The van der Waals surface area contributed by atoms with Gasteiger partial charge >= 0.3 is 5.97 Å². The second kappa shape index (κ2) is 8.19. The lowest BCUT2D eigenvalue weighted by Gasteiger charge is -2.06. The number of ether oxygens (including phenoxy) is 1. The number of aromatic hydroxyl groups is 1. The number of azo groups is 1. The Balaban J connectivity index is 2.02. The molecule has 0 bridgehead atoms. The molecular formula is C18H17ClN4O5S. The third-order valence-electron chi connectivity index (χ3n) is 4.00. The number of carbonyl (C=O) groups excluding carboxylic acids is 1. The van der Waals surface area contributed by atoms with E-state index in [1.807, 2.05) is 0 Å². The van der Waals surface area contributed by atoms with Gasteiger partial charge in [0.1, 0.15) is 6.54 Å². The maximum atomic E-state index is 11.9. The Labute approximate surface area is 171 Å². The number of nitrogens with zero attached hydrogens (tertiary/aromatic N) is 3. The lowest BCUT2D eigenvalue weighted by molar-refractivity contribution is -0.143. The molecular weight excluding hydrogens is 420 g/mol. The number of esters is 1. The Hall–Kier alpha value is -2.95. The quantitative estimate of drug-likeness (QED) is 0.449. The summed E-state index contributed by atoms with van der Waals surface area (Å²) in [6.07, 6.45) is 0. The number of halogens is 1. The van der Waals surface area contributed by atoms with Gasteiger partial charge in [0.2, 0.25) is 15.9 Å². The van der Waals surface area contributed by atoms with Crippen LogP contribution >= 0.6 is 11.6 Å². The van der Waals surface area contributed by atoms with Crippen molar-refractivity contribution >= 4 is 49.9 Å². The van der Waals surface area contributed by atoms with Crippen molar-refractivity contribution in [2.45, 2.75) is 18.4 Å². The first-order valence-corrected chi connectivity index (χ1v) is 10.3. The molecule has 3 aromatic rings. The monoisotopic (exact) mass is 436 g/mol. The summed E-state index contributed by atoms with van der Waals surface area (Å²) in [5.74, 6) is -0.794. The minimum Gasteiger partial charge on any atom is -0.493 e. The van der Waals surface area contributed by atoms with Crippen LogP contribution in [-0.4, -0.2) is 30.7 Å². The van der Waals surface area contributed by atoms with E-state index in [1.54, 1.807) is 25.1 Å². The number of rotatable bonds is 6. The van der Waals surface area contributed by atoms with Crippen molar-refractivity contribution in [1.29, 1.82) is 0 Å². The molecule has 3 N–H and O–H groups in total. The molecule has 0 aliphatic carbocycles. The SMILES string of the molecule is CCOC(=O)Cn1c(O)c(N=Nc2ccc(S(N)(=O)=O)cc2)c2cc(Cl)ccc21. The molecule has 3 rings (SSSR count). The largest absolute Gasteiger partial charge is 0.493 e. The predicted octanol–water partition coefficient (Wildman–Crippen LogP) is 3.63. The smallest absolute Gasteiger partial charge is 0.326 e. The molecule has 0 spiro atoms. The van der Waals surface area contributed by atoms with Gasteiger partial charge in [-0.15, -0.1) is 5.11 Å². The van der Waals surface area contributed by atoms with Crippen molar-refractivity contribution in [3.05, 3.63) is 47.5 Å². The highest BCUT2D eigenvalue weighted by molar-refractivity contribution is 7.89. The highest BCUT2D eigenvalue weighted by Crippen LogP contribution is 2.40. The fourth-order valence-corrected chi connectivity index (χ4v) is 3.39. The lowest BCUT2D eigenvalue weighted by atomic mass is 10.2. The number of benzene rings is 2. The summed E-state index contributed by atoms with van der Waals surface area (Å²) >= 11 is 6.06. The van der Waals surface area contributed by atoms with E-state index in [1.165, 1.54) is 28.8 Å². The summed E-state index contributed by atoms with van der Waals surface area (Å²) in [7, 11) is -3.81. The molecule has 0 fully saturated rings. The molecule has 1 heterocycles. The van der Waals surface area contributed by atoms with Gasteiger partial charge in [0.25, 0.3) is 0 Å². The van der Waals surface area contributed by atoms with Gasteiger partial charge in [-0.05, 0) is 49.4 Å². The average Bonchev–Trinajstić information content (AvgIpc) is 2.90. The number of primary sulfonamides is 1. The molecule has 0 atom stereocenters. The van der Waals surface area contributed by atoms with Gasteiger partial charge in [-0.3, -0.25) is 9.36 Å². The van der Waals surface area contributed by atoms with E-state index < -0.39 is 16.0 Å². The zero-order valence-electron chi connectivity index (χ0n) is 15.2. The van der Waals surface area contributed by atoms with E-state index in [2.05, 4.69) is 10.2 Å². The summed E-state index contributed by atoms with van der Waals surface area (Å²) in [6.45, 7) is 1.69. The summed E-state index contributed by atoms with van der Waals surface area (Å²) < 4.78 is 28.9. The number of aromatic nitrogens is 1. The standard InChI is InChI=1S/C18H17ClN4O5S/c1-2-28-16(24)10-23-15-8-3-11(19)9-14(15)17(18(23)25)22-21-12-4-6-13(7-5-12)29(20,26)27/h3-9,25H,2,10H2,1H3,(H2,20,26,27). The molecule has 152 valence electrons. The molecule has 0 unspecified atom stereocenters. The summed E-state index contributed by atoms with van der Waals surface area (Å²) in [4.78, 5) is 11.8. The maximum absolute atomic E-state index is 11.9. The van der Waals surface area contributed by atoms with Crippen molar-refractivity contribution in [3.63, 3.8) is 0 Å². The van der Waals surface area contributed by atoms with Gasteiger partial charge in [-0.2, -0.15) is 5.11 Å². The molecule has 0 amide bonds. The maximum Gasteiger partial charge on any atom is 0.326 e. The van der Waals surface area contributed by atoms with Crippen LogP contribution in [0, 0.1) is 0 Å². The first kappa shape index (κ1) is 20.8. The number of nitrogens with two attached hydrogens (primary N) is 1. The Kier molecular flexibility index (Phi) is 5.87. The van der Waals surface area contributed by atoms with E-state index in [0.717, 1.165) is 0 Å². The summed E-state index contributed by atoms with van der Waals surface area (Å²) in [5.41, 5.74) is 0.978. The normalized spacial score (nSPS) is 12.0. The Morgan fingerprint density at radius 2 is 1.90 bits per heavy atom. The number of carbonyl (C=O) groups is 1. The Morgan fingerprint density at radius 1 is 1.21 bits per heavy atom. The second-order valence-corrected chi connectivity index (χ2v) is 7.96. The molecule has 2 aromatic carbocycles. The molecule has 0 aliphatic heterocycles. The van der Waals surface area contributed by atoms with E-state index in [4.69, 9.17) is 21.5 Å². The van der Waals surface area contributed by atoms with E-state index in [9.17, 15) is 18.3 Å². The first-order valence-electron chi connectivity index (χ1n) is 8.41.